The molecule has 0 bridgehead atoms. The lowest BCUT2D eigenvalue weighted by Gasteiger charge is -2.34. The number of carbonyl (C=O) groups excluding carboxylic acids is 2. The van der Waals surface area contributed by atoms with Gasteiger partial charge in [0.2, 0.25) is 21.8 Å². The molecule has 0 aliphatic rings. The molecule has 0 heterocycles. The van der Waals surface area contributed by atoms with Gasteiger partial charge in [-0.3, -0.25) is 13.9 Å². The van der Waals surface area contributed by atoms with Gasteiger partial charge < -0.3 is 19.7 Å². The van der Waals surface area contributed by atoms with Crippen LogP contribution in [0.4, 0.5) is 5.69 Å². The van der Waals surface area contributed by atoms with Gasteiger partial charge in [0.05, 0.1) is 26.2 Å². The molecule has 1 N–H and O–H groups in total. The number of rotatable bonds is 11. The van der Waals surface area contributed by atoms with Crippen LogP contribution >= 0.6 is 0 Å². The van der Waals surface area contributed by atoms with E-state index < -0.39 is 34.1 Å². The molecule has 0 aromatic heterocycles. The summed E-state index contributed by atoms with van der Waals surface area (Å²) < 4.78 is 37.3. The topological polar surface area (TPSA) is 105 Å². The summed E-state index contributed by atoms with van der Waals surface area (Å²) in [5.41, 5.74) is 1.59. The zero-order valence-corrected chi connectivity index (χ0v) is 23.8. The highest BCUT2D eigenvalue weighted by Gasteiger charge is 2.33. The predicted octanol–water partition coefficient (Wildman–Crippen LogP) is 3.50. The van der Waals surface area contributed by atoms with Crippen molar-refractivity contribution >= 4 is 27.5 Å². The summed E-state index contributed by atoms with van der Waals surface area (Å²) in [6.45, 7) is 9.02. The summed E-state index contributed by atoms with van der Waals surface area (Å²) in [6.07, 6.45) is 1.38. The summed E-state index contributed by atoms with van der Waals surface area (Å²) >= 11 is 0. The van der Waals surface area contributed by atoms with Gasteiger partial charge >= 0.3 is 0 Å². The number of sulfonamides is 1. The number of amides is 2. The van der Waals surface area contributed by atoms with Crippen molar-refractivity contribution in [3.63, 3.8) is 0 Å². The Hall–Kier alpha value is -3.27. The quantitative estimate of drug-likeness (QED) is 0.474. The molecule has 10 heteroatoms. The molecular formula is C27H39N3O6S. The largest absolute Gasteiger partial charge is 0.497 e. The van der Waals surface area contributed by atoms with Crippen molar-refractivity contribution in [3.05, 3.63) is 53.6 Å². The highest BCUT2D eigenvalue weighted by molar-refractivity contribution is 7.92. The van der Waals surface area contributed by atoms with E-state index in [1.165, 1.54) is 25.2 Å². The Labute approximate surface area is 220 Å². The fourth-order valence-electron chi connectivity index (χ4n) is 3.85. The standard InChI is InChI=1S/C27H39N3O6S/c1-9-22(26(32)28-27(3,4)5)29(17-20-12-10-19(2)11-13-20)25(31)18-30(37(8,33)34)23-15-14-21(35-6)16-24(23)36-7/h10-16,22H,9,17-18H2,1-8H3,(H,28,32)/t22-/m1/s1. The fourth-order valence-corrected chi connectivity index (χ4v) is 4.70. The maximum absolute atomic E-state index is 13.8. The van der Waals surface area contributed by atoms with Crippen LogP contribution in [-0.4, -0.2) is 63.7 Å². The van der Waals surface area contributed by atoms with Crippen molar-refractivity contribution in [1.29, 1.82) is 0 Å². The molecule has 2 aromatic rings. The first kappa shape index (κ1) is 30.0. The summed E-state index contributed by atoms with van der Waals surface area (Å²) in [5.74, 6) is -0.102. The predicted molar refractivity (Wildman–Crippen MR) is 145 cm³/mol. The molecule has 0 radical (unpaired) electrons. The average Bonchev–Trinajstić information content (AvgIpc) is 2.81. The van der Waals surface area contributed by atoms with Crippen LogP contribution in [0, 0.1) is 6.92 Å². The zero-order chi connectivity index (χ0) is 28.0. The number of nitrogens with zero attached hydrogens (tertiary/aromatic N) is 2. The lowest BCUT2D eigenvalue weighted by molar-refractivity contribution is -0.141. The normalized spacial score (nSPS) is 12.4. The Balaban J connectivity index is 2.52. The Morgan fingerprint density at radius 2 is 1.65 bits per heavy atom. The molecule has 37 heavy (non-hydrogen) atoms. The van der Waals surface area contributed by atoms with Crippen LogP contribution in [-0.2, 0) is 26.2 Å². The molecule has 0 saturated carbocycles. The van der Waals surface area contributed by atoms with Gasteiger partial charge in [0.1, 0.15) is 24.1 Å². The molecule has 2 aromatic carbocycles. The van der Waals surface area contributed by atoms with Crippen LogP contribution in [0.25, 0.3) is 0 Å². The molecule has 0 unspecified atom stereocenters. The highest BCUT2D eigenvalue weighted by atomic mass is 32.2. The minimum absolute atomic E-state index is 0.145. The molecule has 0 fully saturated rings. The molecule has 204 valence electrons. The van der Waals surface area contributed by atoms with E-state index in [2.05, 4.69) is 5.32 Å². The zero-order valence-electron chi connectivity index (χ0n) is 23.0. The lowest BCUT2D eigenvalue weighted by Crippen LogP contribution is -2.55. The number of hydrogen-bond acceptors (Lipinski definition) is 6. The number of aryl methyl sites for hydroxylation is 1. The van der Waals surface area contributed by atoms with Crippen molar-refractivity contribution in [2.45, 2.75) is 59.2 Å². The molecular weight excluding hydrogens is 494 g/mol. The van der Waals surface area contributed by atoms with Gasteiger partial charge in [0, 0.05) is 18.2 Å². The average molecular weight is 534 g/mol. The van der Waals surface area contributed by atoms with Crippen molar-refractivity contribution < 1.29 is 27.5 Å². The Morgan fingerprint density at radius 1 is 1.03 bits per heavy atom. The van der Waals surface area contributed by atoms with E-state index in [4.69, 9.17) is 9.47 Å². The van der Waals surface area contributed by atoms with Gasteiger partial charge in [-0.25, -0.2) is 8.42 Å². The van der Waals surface area contributed by atoms with E-state index in [1.54, 1.807) is 12.1 Å². The SMILES string of the molecule is CC[C@H](C(=O)NC(C)(C)C)N(Cc1ccc(C)cc1)C(=O)CN(c1ccc(OC)cc1OC)S(C)(=O)=O. The number of nitrogens with one attached hydrogen (secondary N) is 1. The van der Waals surface area contributed by atoms with Gasteiger partial charge in [-0.1, -0.05) is 36.8 Å². The first-order chi connectivity index (χ1) is 17.2. The van der Waals surface area contributed by atoms with Crippen molar-refractivity contribution in [2.75, 3.05) is 31.3 Å². The van der Waals surface area contributed by atoms with Gasteiger partial charge in [0.15, 0.2) is 0 Å². The number of carbonyl (C=O) groups is 2. The Morgan fingerprint density at radius 3 is 2.14 bits per heavy atom. The molecule has 9 nitrogen and oxygen atoms in total. The first-order valence-electron chi connectivity index (χ1n) is 12.1. The van der Waals surface area contributed by atoms with E-state index in [1.807, 2.05) is 58.9 Å². The third-order valence-corrected chi connectivity index (χ3v) is 6.82. The van der Waals surface area contributed by atoms with E-state index in [0.29, 0.717) is 12.2 Å². The summed E-state index contributed by atoms with van der Waals surface area (Å²) in [6, 6.07) is 11.5. The van der Waals surface area contributed by atoms with Crippen molar-refractivity contribution in [2.24, 2.45) is 0 Å². The third-order valence-electron chi connectivity index (χ3n) is 5.69. The molecule has 0 saturated heterocycles. The number of ether oxygens (including phenoxy) is 2. The maximum Gasteiger partial charge on any atom is 0.244 e. The van der Waals surface area contributed by atoms with E-state index in [-0.39, 0.29) is 23.9 Å². The van der Waals surface area contributed by atoms with E-state index in [9.17, 15) is 18.0 Å². The van der Waals surface area contributed by atoms with Crippen molar-refractivity contribution in [1.82, 2.24) is 10.2 Å². The molecule has 2 rings (SSSR count). The van der Waals surface area contributed by atoms with Crippen LogP contribution in [0.5, 0.6) is 11.5 Å². The number of anilines is 1. The Bertz CT molecular complexity index is 1190. The molecule has 0 aliphatic carbocycles. The van der Waals surface area contributed by atoms with Gasteiger partial charge in [0.25, 0.3) is 0 Å². The summed E-state index contributed by atoms with van der Waals surface area (Å²) in [7, 11) is -0.994. The minimum atomic E-state index is -3.89. The molecule has 1 atom stereocenters. The molecule has 0 spiro atoms. The molecule has 2 amide bonds. The first-order valence-corrected chi connectivity index (χ1v) is 13.9. The third kappa shape index (κ3) is 8.38. The maximum atomic E-state index is 13.8. The van der Waals surface area contributed by atoms with Crippen molar-refractivity contribution in [3.8, 4) is 11.5 Å². The minimum Gasteiger partial charge on any atom is -0.497 e. The van der Waals surface area contributed by atoms with E-state index >= 15 is 0 Å². The second-order valence-electron chi connectivity index (χ2n) is 9.98. The van der Waals surface area contributed by atoms with Gasteiger partial charge in [-0.2, -0.15) is 0 Å². The number of hydrogen-bond donors (Lipinski definition) is 1. The van der Waals surface area contributed by atoms with Crippen LogP contribution in [0.15, 0.2) is 42.5 Å². The monoisotopic (exact) mass is 533 g/mol. The van der Waals surface area contributed by atoms with Crippen LogP contribution in [0.2, 0.25) is 0 Å². The smallest absolute Gasteiger partial charge is 0.244 e. The summed E-state index contributed by atoms with van der Waals surface area (Å²) in [5, 5.41) is 2.95. The fraction of sp³-hybridized carbons (Fsp3) is 0.481. The number of methoxy groups -OCH3 is 2. The van der Waals surface area contributed by atoms with Crippen LogP contribution in [0.3, 0.4) is 0 Å². The second kappa shape index (κ2) is 12.3. The van der Waals surface area contributed by atoms with E-state index in [0.717, 1.165) is 21.7 Å². The lowest BCUT2D eigenvalue weighted by atomic mass is 10.1. The van der Waals surface area contributed by atoms with Crippen LogP contribution in [0.1, 0.15) is 45.2 Å². The van der Waals surface area contributed by atoms with Gasteiger partial charge in [-0.05, 0) is 51.8 Å². The second-order valence-corrected chi connectivity index (χ2v) is 11.9. The number of benzene rings is 2. The molecule has 0 aliphatic heterocycles. The Kier molecular flexibility index (Phi) is 9.97. The summed E-state index contributed by atoms with van der Waals surface area (Å²) in [4.78, 5) is 28.5. The highest BCUT2D eigenvalue weighted by Crippen LogP contribution is 2.33. The van der Waals surface area contributed by atoms with Gasteiger partial charge in [-0.15, -0.1) is 0 Å². The van der Waals surface area contributed by atoms with Crippen LogP contribution < -0.4 is 19.1 Å².